The van der Waals surface area contributed by atoms with Crippen LogP contribution in [0.5, 0.6) is 5.75 Å². The first kappa shape index (κ1) is 21.9. The molecule has 154 valence electrons. The van der Waals surface area contributed by atoms with Crippen molar-refractivity contribution >= 4 is 17.6 Å². The number of para-hydroxylation sites is 1. The predicted molar refractivity (Wildman–Crippen MR) is 108 cm³/mol. The number of benzene rings is 1. The van der Waals surface area contributed by atoms with Crippen molar-refractivity contribution in [3.8, 4) is 5.75 Å². The van der Waals surface area contributed by atoms with Gasteiger partial charge in [0.15, 0.2) is 0 Å². The van der Waals surface area contributed by atoms with Gasteiger partial charge in [0.2, 0.25) is 11.8 Å². The second kappa shape index (κ2) is 10.8. The standard InChI is InChI=1S/C22H32N2O4/c1-17-7-4-8-18(2)22(17)28-16-5-9-20(26)23-12-6-13-24(15-14-23)21(27)11-10-19(3)25/h4,7-8H,5-6,9-16H2,1-3H3. The molecule has 1 saturated heterocycles. The molecule has 0 aliphatic carbocycles. The lowest BCUT2D eigenvalue weighted by Crippen LogP contribution is -2.37. The quantitative estimate of drug-likeness (QED) is 0.642. The summed E-state index contributed by atoms with van der Waals surface area (Å²) in [5.41, 5.74) is 2.21. The molecule has 0 atom stereocenters. The number of amides is 2. The molecule has 6 nitrogen and oxygen atoms in total. The Hall–Kier alpha value is -2.37. The lowest BCUT2D eigenvalue weighted by atomic mass is 10.1. The van der Waals surface area contributed by atoms with Gasteiger partial charge in [0.05, 0.1) is 6.61 Å². The van der Waals surface area contributed by atoms with Gasteiger partial charge >= 0.3 is 0 Å². The summed E-state index contributed by atoms with van der Waals surface area (Å²) in [7, 11) is 0. The summed E-state index contributed by atoms with van der Waals surface area (Å²) in [6.07, 6.45) is 2.45. The Morgan fingerprint density at radius 3 is 2.04 bits per heavy atom. The average molecular weight is 389 g/mol. The number of Topliss-reactive ketones (excluding diaryl/α,β-unsaturated/α-hetero) is 1. The fraction of sp³-hybridized carbons (Fsp3) is 0.591. The molecular weight excluding hydrogens is 356 g/mol. The third-order valence-corrected chi connectivity index (χ3v) is 5.08. The molecular formula is C22H32N2O4. The van der Waals surface area contributed by atoms with Gasteiger partial charge in [-0.15, -0.1) is 0 Å². The van der Waals surface area contributed by atoms with Crippen LogP contribution in [0.25, 0.3) is 0 Å². The first-order valence-corrected chi connectivity index (χ1v) is 10.1. The van der Waals surface area contributed by atoms with Crippen LogP contribution in [0.1, 0.15) is 50.2 Å². The molecule has 6 heteroatoms. The van der Waals surface area contributed by atoms with Crippen molar-refractivity contribution < 1.29 is 19.1 Å². The number of hydrogen-bond donors (Lipinski definition) is 0. The van der Waals surface area contributed by atoms with Crippen LogP contribution in [-0.4, -0.2) is 60.2 Å². The topological polar surface area (TPSA) is 66.9 Å². The lowest BCUT2D eigenvalue weighted by Gasteiger charge is -2.22. The Bertz CT molecular complexity index is 682. The molecule has 2 amide bonds. The van der Waals surface area contributed by atoms with Crippen molar-refractivity contribution in [2.24, 2.45) is 0 Å². The van der Waals surface area contributed by atoms with Gasteiger partial charge < -0.3 is 19.3 Å². The van der Waals surface area contributed by atoms with Gasteiger partial charge in [0, 0.05) is 45.4 Å². The highest BCUT2D eigenvalue weighted by atomic mass is 16.5. The average Bonchev–Trinajstić information content (AvgIpc) is 2.91. The second-order valence-electron chi connectivity index (χ2n) is 7.49. The number of rotatable bonds is 8. The largest absolute Gasteiger partial charge is 0.493 e. The number of aryl methyl sites for hydroxylation is 2. The summed E-state index contributed by atoms with van der Waals surface area (Å²) in [6, 6.07) is 6.05. The maximum atomic E-state index is 12.5. The van der Waals surface area contributed by atoms with Gasteiger partial charge in [-0.2, -0.15) is 0 Å². The van der Waals surface area contributed by atoms with E-state index in [1.807, 2.05) is 36.9 Å². The fourth-order valence-electron chi connectivity index (χ4n) is 3.44. The number of carbonyl (C=O) groups is 3. The molecule has 1 aromatic rings. The molecule has 2 rings (SSSR count). The summed E-state index contributed by atoms with van der Waals surface area (Å²) in [6.45, 7) is 8.48. The van der Waals surface area contributed by atoms with E-state index in [1.54, 1.807) is 4.90 Å². The van der Waals surface area contributed by atoms with E-state index in [4.69, 9.17) is 4.74 Å². The maximum absolute atomic E-state index is 12.5. The van der Waals surface area contributed by atoms with Crippen LogP contribution in [0.3, 0.4) is 0 Å². The Balaban J connectivity index is 1.73. The zero-order chi connectivity index (χ0) is 20.5. The maximum Gasteiger partial charge on any atom is 0.223 e. The Morgan fingerprint density at radius 1 is 0.893 bits per heavy atom. The van der Waals surface area contributed by atoms with Crippen molar-refractivity contribution in [1.82, 2.24) is 9.80 Å². The van der Waals surface area contributed by atoms with Crippen LogP contribution >= 0.6 is 0 Å². The Morgan fingerprint density at radius 2 is 1.46 bits per heavy atom. The predicted octanol–water partition coefficient (Wildman–Crippen LogP) is 2.89. The minimum Gasteiger partial charge on any atom is -0.493 e. The van der Waals surface area contributed by atoms with E-state index >= 15 is 0 Å². The molecule has 1 fully saturated rings. The van der Waals surface area contributed by atoms with E-state index in [0.717, 1.165) is 23.3 Å². The van der Waals surface area contributed by atoms with E-state index in [-0.39, 0.29) is 24.0 Å². The number of nitrogens with zero attached hydrogens (tertiary/aromatic N) is 2. The van der Waals surface area contributed by atoms with Gasteiger partial charge in [-0.3, -0.25) is 9.59 Å². The summed E-state index contributed by atoms with van der Waals surface area (Å²) >= 11 is 0. The smallest absolute Gasteiger partial charge is 0.223 e. The van der Waals surface area contributed by atoms with Crippen molar-refractivity contribution in [2.45, 2.75) is 52.9 Å². The van der Waals surface area contributed by atoms with Crippen LogP contribution < -0.4 is 4.74 Å². The third kappa shape index (κ3) is 6.66. The van der Waals surface area contributed by atoms with Gasteiger partial charge in [-0.25, -0.2) is 0 Å². The number of ketones is 1. The first-order chi connectivity index (χ1) is 13.4. The summed E-state index contributed by atoms with van der Waals surface area (Å²) < 4.78 is 5.87. The Kier molecular flexibility index (Phi) is 8.48. The van der Waals surface area contributed by atoms with E-state index < -0.39 is 0 Å². The van der Waals surface area contributed by atoms with Gasteiger partial charge in [-0.1, -0.05) is 18.2 Å². The van der Waals surface area contributed by atoms with Crippen molar-refractivity contribution in [2.75, 3.05) is 32.8 Å². The lowest BCUT2D eigenvalue weighted by molar-refractivity contribution is -0.134. The first-order valence-electron chi connectivity index (χ1n) is 10.1. The van der Waals surface area contributed by atoms with Gasteiger partial charge in [0.25, 0.3) is 0 Å². The van der Waals surface area contributed by atoms with Crippen molar-refractivity contribution in [1.29, 1.82) is 0 Å². The highest BCUT2D eigenvalue weighted by molar-refractivity contribution is 5.83. The fourth-order valence-corrected chi connectivity index (χ4v) is 3.44. The molecule has 0 bridgehead atoms. The van der Waals surface area contributed by atoms with E-state index in [2.05, 4.69) is 0 Å². The van der Waals surface area contributed by atoms with Crippen LogP contribution in [-0.2, 0) is 14.4 Å². The number of ether oxygens (including phenoxy) is 1. The molecule has 0 unspecified atom stereocenters. The summed E-state index contributed by atoms with van der Waals surface area (Å²) in [4.78, 5) is 39.4. The van der Waals surface area contributed by atoms with Crippen molar-refractivity contribution in [3.05, 3.63) is 29.3 Å². The van der Waals surface area contributed by atoms with E-state index in [1.165, 1.54) is 6.92 Å². The number of hydrogen-bond acceptors (Lipinski definition) is 4. The van der Waals surface area contributed by atoms with Crippen LogP contribution in [0.2, 0.25) is 0 Å². The molecule has 0 saturated carbocycles. The van der Waals surface area contributed by atoms with Crippen LogP contribution in [0, 0.1) is 13.8 Å². The summed E-state index contributed by atoms with van der Waals surface area (Å²) in [5, 5.41) is 0. The molecule has 1 aliphatic rings. The molecule has 0 aromatic heterocycles. The van der Waals surface area contributed by atoms with Gasteiger partial charge in [-0.05, 0) is 44.7 Å². The molecule has 0 radical (unpaired) electrons. The molecule has 1 heterocycles. The minimum atomic E-state index is 0.00602. The summed E-state index contributed by atoms with van der Waals surface area (Å²) in [5.74, 6) is 1.06. The molecule has 28 heavy (non-hydrogen) atoms. The highest BCUT2D eigenvalue weighted by Gasteiger charge is 2.21. The molecule has 0 spiro atoms. The Labute approximate surface area is 167 Å². The molecule has 1 aliphatic heterocycles. The van der Waals surface area contributed by atoms with E-state index in [9.17, 15) is 14.4 Å². The monoisotopic (exact) mass is 388 g/mol. The SMILES string of the molecule is CC(=O)CCC(=O)N1CCCN(C(=O)CCCOc2c(C)cccc2C)CC1. The highest BCUT2D eigenvalue weighted by Crippen LogP contribution is 2.22. The molecule has 0 N–H and O–H groups in total. The normalized spacial score (nSPS) is 14.5. The third-order valence-electron chi connectivity index (χ3n) is 5.08. The zero-order valence-corrected chi connectivity index (χ0v) is 17.3. The minimum absolute atomic E-state index is 0.00602. The van der Waals surface area contributed by atoms with Crippen LogP contribution in [0.15, 0.2) is 18.2 Å². The zero-order valence-electron chi connectivity index (χ0n) is 17.3. The molecule has 1 aromatic carbocycles. The van der Waals surface area contributed by atoms with E-state index in [0.29, 0.717) is 52.0 Å². The second-order valence-corrected chi connectivity index (χ2v) is 7.49. The van der Waals surface area contributed by atoms with Gasteiger partial charge in [0.1, 0.15) is 11.5 Å². The number of carbonyl (C=O) groups excluding carboxylic acids is 3. The van der Waals surface area contributed by atoms with Crippen molar-refractivity contribution in [3.63, 3.8) is 0 Å². The van der Waals surface area contributed by atoms with Crippen LogP contribution in [0.4, 0.5) is 0 Å².